The molecule has 0 aromatic heterocycles. The first-order valence-electron chi connectivity index (χ1n) is 13.1. The van der Waals surface area contributed by atoms with Crippen LogP contribution in [0.2, 0.25) is 0 Å². The van der Waals surface area contributed by atoms with E-state index in [1.54, 1.807) is 42.5 Å². The van der Waals surface area contributed by atoms with Gasteiger partial charge in [0.05, 0.1) is 10.6 Å². The smallest absolute Gasteiger partial charge is 0.264 e. The van der Waals surface area contributed by atoms with E-state index in [2.05, 4.69) is 21.2 Å². The predicted octanol–water partition coefficient (Wildman–Crippen LogP) is 5.34. The molecule has 0 unspecified atom stereocenters. The molecule has 41 heavy (non-hydrogen) atoms. The average Bonchev–Trinajstić information content (AvgIpc) is 2.99. The minimum Gasteiger partial charge on any atom is -0.357 e. The van der Waals surface area contributed by atoms with Crippen molar-refractivity contribution in [1.82, 2.24) is 10.2 Å². The summed E-state index contributed by atoms with van der Waals surface area (Å²) in [6, 6.07) is 31.0. The van der Waals surface area contributed by atoms with Crippen LogP contribution in [0.4, 0.5) is 5.69 Å². The van der Waals surface area contributed by atoms with E-state index in [0.29, 0.717) is 5.69 Å². The van der Waals surface area contributed by atoms with Crippen LogP contribution >= 0.6 is 15.9 Å². The van der Waals surface area contributed by atoms with Gasteiger partial charge in [0.15, 0.2) is 0 Å². The molecule has 212 valence electrons. The Balaban J connectivity index is 1.78. The van der Waals surface area contributed by atoms with Gasteiger partial charge in [-0.1, -0.05) is 88.7 Å². The minimum atomic E-state index is -4.12. The minimum absolute atomic E-state index is 0.0632. The number of anilines is 1. The molecule has 0 aliphatic rings. The van der Waals surface area contributed by atoms with E-state index < -0.39 is 28.5 Å². The van der Waals surface area contributed by atoms with E-state index in [0.717, 1.165) is 25.5 Å². The molecule has 1 atom stereocenters. The van der Waals surface area contributed by atoms with Crippen molar-refractivity contribution in [3.63, 3.8) is 0 Å². The summed E-state index contributed by atoms with van der Waals surface area (Å²) in [5, 5.41) is 2.70. The number of likely N-dealkylation sites (N-methyl/N-ethyl adjacent to an activating group) is 1. The highest BCUT2D eigenvalue weighted by molar-refractivity contribution is 9.10. The lowest BCUT2D eigenvalue weighted by Gasteiger charge is -2.34. The number of nitrogens with zero attached hydrogens (tertiary/aromatic N) is 2. The molecule has 4 aromatic rings. The van der Waals surface area contributed by atoms with E-state index >= 15 is 0 Å². The summed E-state index contributed by atoms with van der Waals surface area (Å²) in [5.41, 5.74) is 3.04. The fourth-order valence-electron chi connectivity index (χ4n) is 4.55. The maximum Gasteiger partial charge on any atom is 0.264 e. The Bertz CT molecular complexity index is 1580. The zero-order valence-electron chi connectivity index (χ0n) is 22.9. The summed E-state index contributed by atoms with van der Waals surface area (Å²) in [5.74, 6) is -0.836. The van der Waals surface area contributed by atoms with Gasteiger partial charge >= 0.3 is 0 Å². The Morgan fingerprint density at radius 3 is 2.02 bits per heavy atom. The topological polar surface area (TPSA) is 86.8 Å². The van der Waals surface area contributed by atoms with Crippen LogP contribution in [0.3, 0.4) is 0 Å². The molecule has 0 bridgehead atoms. The summed E-state index contributed by atoms with van der Waals surface area (Å²) in [6.07, 6.45) is 0.266. The Morgan fingerprint density at radius 1 is 0.829 bits per heavy atom. The highest BCUT2D eigenvalue weighted by Gasteiger charge is 2.34. The third kappa shape index (κ3) is 7.42. The van der Waals surface area contributed by atoms with Crippen molar-refractivity contribution < 1.29 is 18.0 Å². The van der Waals surface area contributed by atoms with Crippen LogP contribution in [0, 0.1) is 6.92 Å². The molecule has 0 aliphatic carbocycles. The first-order valence-corrected chi connectivity index (χ1v) is 15.4. The van der Waals surface area contributed by atoms with Crippen molar-refractivity contribution in [3.8, 4) is 0 Å². The monoisotopic (exact) mass is 633 g/mol. The van der Waals surface area contributed by atoms with E-state index in [1.165, 1.54) is 24.1 Å². The molecule has 0 spiro atoms. The molecule has 0 radical (unpaired) electrons. The lowest BCUT2D eigenvalue weighted by atomic mass is 10.0. The Morgan fingerprint density at radius 2 is 1.41 bits per heavy atom. The first kappa shape index (κ1) is 30.0. The molecular formula is C32H32BrN3O4S. The maximum atomic E-state index is 14.3. The number of carbonyl (C=O) groups excluding carboxylic acids is 2. The van der Waals surface area contributed by atoms with Crippen LogP contribution < -0.4 is 9.62 Å². The van der Waals surface area contributed by atoms with Crippen molar-refractivity contribution in [2.75, 3.05) is 17.9 Å². The Kier molecular flexibility index (Phi) is 9.96. The van der Waals surface area contributed by atoms with Gasteiger partial charge < -0.3 is 10.2 Å². The van der Waals surface area contributed by atoms with Crippen molar-refractivity contribution in [2.45, 2.75) is 30.8 Å². The molecule has 4 rings (SSSR count). The number of carbonyl (C=O) groups is 2. The van der Waals surface area contributed by atoms with Gasteiger partial charge in [0.2, 0.25) is 11.8 Å². The van der Waals surface area contributed by atoms with E-state index in [9.17, 15) is 18.0 Å². The summed E-state index contributed by atoms with van der Waals surface area (Å²) in [6.45, 7) is 1.58. The number of hydrogen-bond acceptors (Lipinski definition) is 4. The molecule has 1 N–H and O–H groups in total. The quantitative estimate of drug-likeness (QED) is 0.242. The summed E-state index contributed by atoms with van der Waals surface area (Å²) < 4.78 is 29.7. The number of nitrogens with one attached hydrogen (secondary N) is 1. The van der Waals surface area contributed by atoms with Gasteiger partial charge in [0.25, 0.3) is 10.0 Å². The number of halogens is 1. The second kappa shape index (κ2) is 13.6. The molecule has 7 nitrogen and oxygen atoms in total. The van der Waals surface area contributed by atoms with E-state index in [-0.39, 0.29) is 23.8 Å². The summed E-state index contributed by atoms with van der Waals surface area (Å²) in [7, 11) is -2.58. The van der Waals surface area contributed by atoms with Crippen LogP contribution in [0.1, 0.15) is 16.7 Å². The number of rotatable bonds is 11. The van der Waals surface area contributed by atoms with Crippen LogP contribution in [-0.4, -0.2) is 44.8 Å². The molecule has 2 amide bonds. The van der Waals surface area contributed by atoms with Gasteiger partial charge in [-0.2, -0.15) is 0 Å². The predicted molar refractivity (Wildman–Crippen MR) is 165 cm³/mol. The van der Waals surface area contributed by atoms with Gasteiger partial charge in [-0.3, -0.25) is 13.9 Å². The van der Waals surface area contributed by atoms with Gasteiger partial charge in [-0.05, 0) is 60.0 Å². The highest BCUT2D eigenvalue weighted by atomic mass is 79.9. The molecule has 0 heterocycles. The van der Waals surface area contributed by atoms with Gasteiger partial charge in [0, 0.05) is 24.5 Å². The number of hydrogen-bond donors (Lipinski definition) is 1. The highest BCUT2D eigenvalue weighted by Crippen LogP contribution is 2.26. The van der Waals surface area contributed by atoms with Gasteiger partial charge in [-0.25, -0.2) is 8.42 Å². The Hall–Kier alpha value is -3.95. The fourth-order valence-corrected chi connectivity index (χ4v) is 6.25. The zero-order valence-corrected chi connectivity index (χ0v) is 25.3. The van der Waals surface area contributed by atoms with E-state index in [4.69, 9.17) is 0 Å². The summed E-state index contributed by atoms with van der Waals surface area (Å²) in [4.78, 5) is 29.1. The van der Waals surface area contributed by atoms with Crippen LogP contribution in [0.15, 0.2) is 119 Å². The van der Waals surface area contributed by atoms with E-state index in [1.807, 2.05) is 61.5 Å². The largest absolute Gasteiger partial charge is 0.357 e. The second-order valence-electron chi connectivity index (χ2n) is 9.57. The van der Waals surface area contributed by atoms with Crippen LogP contribution in [0.5, 0.6) is 0 Å². The van der Waals surface area contributed by atoms with Crippen LogP contribution in [0.25, 0.3) is 0 Å². The maximum absolute atomic E-state index is 14.3. The fraction of sp³-hybridized carbons (Fsp3) is 0.188. The summed E-state index contributed by atoms with van der Waals surface area (Å²) >= 11 is 3.39. The molecule has 9 heteroatoms. The Labute approximate surface area is 250 Å². The molecule has 0 saturated heterocycles. The normalized spacial score (nSPS) is 11.9. The first-order chi connectivity index (χ1) is 19.7. The number of sulfonamides is 1. The molecule has 0 fully saturated rings. The third-order valence-electron chi connectivity index (χ3n) is 6.84. The SMILES string of the molecule is CNC(=O)[C@H](Cc1ccccc1)N(Cc1ccccc1C)C(=O)CN(c1ccc(Br)cc1)S(=O)(=O)c1ccccc1. The standard InChI is InChI=1S/C32H32BrN3O4S/c1-24-11-9-10-14-26(24)22-35(30(32(38)34-2)21-25-12-5-3-6-13-25)31(37)23-36(28-19-17-27(33)18-20-28)41(39,40)29-15-7-4-8-16-29/h3-20,30H,21-23H2,1-2H3,(H,34,38)/t30-/m0/s1. The lowest BCUT2D eigenvalue weighted by molar-refractivity contribution is -0.139. The molecule has 0 saturated carbocycles. The lowest BCUT2D eigenvalue weighted by Crippen LogP contribution is -2.53. The van der Waals surface area contributed by atoms with Crippen molar-refractivity contribution in [2.24, 2.45) is 0 Å². The van der Waals surface area contributed by atoms with Crippen molar-refractivity contribution >= 4 is 43.5 Å². The second-order valence-corrected chi connectivity index (χ2v) is 12.3. The number of amides is 2. The average molecular weight is 635 g/mol. The third-order valence-corrected chi connectivity index (χ3v) is 9.16. The molecular weight excluding hydrogens is 602 g/mol. The zero-order chi connectivity index (χ0) is 29.4. The van der Waals surface area contributed by atoms with Gasteiger partial charge in [0.1, 0.15) is 12.6 Å². The van der Waals surface area contributed by atoms with Crippen LogP contribution in [-0.2, 0) is 32.6 Å². The molecule has 4 aromatic carbocycles. The molecule has 0 aliphatic heterocycles. The van der Waals surface area contributed by atoms with Gasteiger partial charge in [-0.15, -0.1) is 0 Å². The number of aryl methyl sites for hydroxylation is 1. The number of benzene rings is 4. The van der Waals surface area contributed by atoms with Crippen molar-refractivity contribution in [3.05, 3.63) is 130 Å². The van der Waals surface area contributed by atoms with Crippen molar-refractivity contribution in [1.29, 1.82) is 0 Å².